The van der Waals surface area contributed by atoms with E-state index in [2.05, 4.69) is 15.6 Å². The van der Waals surface area contributed by atoms with Gasteiger partial charge in [0.25, 0.3) is 5.91 Å². The molecule has 2 aliphatic rings. The summed E-state index contributed by atoms with van der Waals surface area (Å²) in [6.45, 7) is 1.86. The molecule has 164 valence electrons. The molecule has 5 rings (SSSR count). The highest BCUT2D eigenvalue weighted by Crippen LogP contribution is 2.37. The highest BCUT2D eigenvalue weighted by atomic mass is 19.1. The van der Waals surface area contributed by atoms with Gasteiger partial charge in [0.1, 0.15) is 11.5 Å². The number of nitrogens with zero attached hydrogens (tertiary/aromatic N) is 1. The number of benzene rings is 2. The Morgan fingerprint density at radius 2 is 1.62 bits per heavy atom. The Labute approximate surface area is 185 Å². The van der Waals surface area contributed by atoms with Gasteiger partial charge in [-0.3, -0.25) is 4.79 Å². The maximum absolute atomic E-state index is 15.3. The molecule has 0 atom stereocenters. The fourth-order valence-electron chi connectivity index (χ4n) is 4.59. The number of alkyl halides is 1. The first-order valence-corrected chi connectivity index (χ1v) is 10.8. The van der Waals surface area contributed by atoms with Gasteiger partial charge in [-0.25, -0.2) is 9.37 Å². The third-order valence-electron chi connectivity index (χ3n) is 6.46. The second kappa shape index (κ2) is 7.98. The van der Waals surface area contributed by atoms with Crippen LogP contribution in [0.2, 0.25) is 0 Å². The van der Waals surface area contributed by atoms with Crippen LogP contribution in [-0.4, -0.2) is 30.5 Å². The zero-order valence-electron chi connectivity index (χ0n) is 17.6. The molecular weight excluding hydrogens is 410 g/mol. The van der Waals surface area contributed by atoms with Gasteiger partial charge >= 0.3 is 0 Å². The molecule has 1 fully saturated rings. The largest absolute Gasteiger partial charge is 0.383 e. The lowest BCUT2D eigenvalue weighted by atomic mass is 9.86. The molecule has 0 spiro atoms. The molecule has 2 aliphatic heterocycles. The summed E-state index contributed by atoms with van der Waals surface area (Å²) in [5.74, 6) is -0.683. The van der Waals surface area contributed by atoms with Crippen molar-refractivity contribution in [3.8, 4) is 22.3 Å². The molecule has 0 saturated carbocycles. The van der Waals surface area contributed by atoms with Crippen molar-refractivity contribution in [1.82, 2.24) is 15.6 Å². The number of carbonyl (C=O) groups excluding carboxylic acids is 1. The molecule has 0 bridgehead atoms. The number of nitrogens with two attached hydrogens (primary N) is 1. The molecule has 1 amide bonds. The van der Waals surface area contributed by atoms with Crippen molar-refractivity contribution in [2.24, 2.45) is 0 Å². The number of nitrogens with one attached hydrogen (secondary N) is 2. The Kier molecular flexibility index (Phi) is 5.13. The number of piperidine rings is 1. The SMILES string of the molecule is Nc1nc(F)c(-c2ccc(C3(F)CCNCC3)cc2)cc1-c1ccc2c(c1)CCNC2=O. The number of fused-ring (bicyclic) bond motifs is 1. The van der Waals surface area contributed by atoms with Gasteiger partial charge in [0.05, 0.1) is 0 Å². The van der Waals surface area contributed by atoms with Crippen molar-refractivity contribution < 1.29 is 13.6 Å². The van der Waals surface area contributed by atoms with Crippen LogP contribution in [0.15, 0.2) is 48.5 Å². The summed E-state index contributed by atoms with van der Waals surface area (Å²) >= 11 is 0. The van der Waals surface area contributed by atoms with E-state index in [4.69, 9.17) is 5.73 Å². The minimum absolute atomic E-state index is 0.0838. The normalized spacial score (nSPS) is 17.5. The monoisotopic (exact) mass is 434 g/mol. The van der Waals surface area contributed by atoms with Crippen LogP contribution in [0.3, 0.4) is 0 Å². The molecule has 3 heterocycles. The summed E-state index contributed by atoms with van der Waals surface area (Å²) in [7, 11) is 0. The Morgan fingerprint density at radius 3 is 2.38 bits per heavy atom. The zero-order chi connectivity index (χ0) is 22.3. The molecule has 0 radical (unpaired) electrons. The van der Waals surface area contributed by atoms with Crippen LogP contribution in [0.4, 0.5) is 14.6 Å². The van der Waals surface area contributed by atoms with Gasteiger partial charge in [0.2, 0.25) is 5.95 Å². The lowest BCUT2D eigenvalue weighted by molar-refractivity contribution is 0.0946. The van der Waals surface area contributed by atoms with E-state index in [1.54, 1.807) is 42.5 Å². The van der Waals surface area contributed by atoms with E-state index >= 15 is 4.39 Å². The number of rotatable bonds is 3. The summed E-state index contributed by atoms with van der Waals surface area (Å²) in [5.41, 5.74) is 9.16. The summed E-state index contributed by atoms with van der Waals surface area (Å²) in [6.07, 6.45) is 1.56. The van der Waals surface area contributed by atoms with Crippen LogP contribution in [-0.2, 0) is 12.1 Å². The molecular formula is C25H24F2N4O. The van der Waals surface area contributed by atoms with E-state index in [0.717, 1.165) is 17.5 Å². The quantitative estimate of drug-likeness (QED) is 0.545. The van der Waals surface area contributed by atoms with E-state index in [0.29, 0.717) is 60.3 Å². The number of nitrogen functional groups attached to an aromatic ring is 1. The van der Waals surface area contributed by atoms with Gasteiger partial charge in [-0.2, -0.15) is 4.39 Å². The zero-order valence-corrected chi connectivity index (χ0v) is 17.6. The number of carbonyl (C=O) groups is 1. The summed E-state index contributed by atoms with van der Waals surface area (Å²) in [6, 6.07) is 14.1. The maximum atomic E-state index is 15.3. The Hall–Kier alpha value is -3.32. The van der Waals surface area contributed by atoms with Gasteiger partial charge in [-0.15, -0.1) is 0 Å². The topological polar surface area (TPSA) is 80.0 Å². The lowest BCUT2D eigenvalue weighted by Gasteiger charge is -2.30. The standard InChI is InChI=1S/C25H24F2N4O/c26-22-20(15-1-4-18(5-2-15)25(27)8-11-29-12-9-25)14-21(23(28)31-22)16-3-6-19-17(13-16)7-10-30-24(19)32/h1-6,13-14,29H,7-12H2,(H2,28,31)(H,30,32). The van der Waals surface area contributed by atoms with E-state index < -0.39 is 11.6 Å². The molecule has 0 aliphatic carbocycles. The van der Waals surface area contributed by atoms with Crippen LogP contribution in [0.25, 0.3) is 22.3 Å². The summed E-state index contributed by atoms with van der Waals surface area (Å²) in [4.78, 5) is 15.9. The van der Waals surface area contributed by atoms with Crippen LogP contribution < -0.4 is 16.4 Å². The Balaban J connectivity index is 1.51. The van der Waals surface area contributed by atoms with Gasteiger partial charge < -0.3 is 16.4 Å². The third kappa shape index (κ3) is 3.62. The fraction of sp³-hybridized carbons (Fsp3) is 0.280. The van der Waals surface area contributed by atoms with Crippen molar-refractivity contribution in [3.63, 3.8) is 0 Å². The number of amides is 1. The molecule has 1 saturated heterocycles. The van der Waals surface area contributed by atoms with Crippen LogP contribution in [0.5, 0.6) is 0 Å². The summed E-state index contributed by atoms with van der Waals surface area (Å²) < 4.78 is 30.0. The van der Waals surface area contributed by atoms with E-state index in [-0.39, 0.29) is 11.7 Å². The van der Waals surface area contributed by atoms with E-state index in [9.17, 15) is 9.18 Å². The number of halogens is 2. The number of pyridine rings is 1. The lowest BCUT2D eigenvalue weighted by Crippen LogP contribution is -2.36. The Bertz CT molecular complexity index is 1190. The fourth-order valence-corrected chi connectivity index (χ4v) is 4.59. The molecule has 32 heavy (non-hydrogen) atoms. The van der Waals surface area contributed by atoms with Gasteiger partial charge in [0, 0.05) is 23.2 Å². The van der Waals surface area contributed by atoms with Crippen molar-refractivity contribution in [2.75, 3.05) is 25.4 Å². The average Bonchev–Trinajstić information content (AvgIpc) is 2.80. The third-order valence-corrected chi connectivity index (χ3v) is 6.46. The van der Waals surface area contributed by atoms with Crippen LogP contribution in [0.1, 0.15) is 34.3 Å². The maximum Gasteiger partial charge on any atom is 0.251 e. The first-order chi connectivity index (χ1) is 15.4. The number of hydrogen-bond acceptors (Lipinski definition) is 4. The predicted molar refractivity (Wildman–Crippen MR) is 120 cm³/mol. The van der Waals surface area contributed by atoms with Gasteiger partial charge in [-0.1, -0.05) is 36.4 Å². The second-order valence-corrected chi connectivity index (χ2v) is 8.43. The second-order valence-electron chi connectivity index (χ2n) is 8.43. The minimum Gasteiger partial charge on any atom is -0.383 e. The van der Waals surface area contributed by atoms with Crippen molar-refractivity contribution in [3.05, 3.63) is 71.2 Å². The molecule has 4 N–H and O–H groups in total. The smallest absolute Gasteiger partial charge is 0.251 e. The molecule has 7 heteroatoms. The van der Waals surface area contributed by atoms with Crippen LogP contribution >= 0.6 is 0 Å². The molecule has 5 nitrogen and oxygen atoms in total. The molecule has 3 aromatic rings. The Morgan fingerprint density at radius 1 is 0.906 bits per heavy atom. The van der Waals surface area contributed by atoms with E-state index in [1.165, 1.54) is 0 Å². The van der Waals surface area contributed by atoms with Gasteiger partial charge in [-0.05, 0) is 66.7 Å². The number of hydrogen-bond donors (Lipinski definition) is 3. The van der Waals surface area contributed by atoms with Crippen molar-refractivity contribution in [2.45, 2.75) is 24.9 Å². The highest BCUT2D eigenvalue weighted by molar-refractivity contribution is 5.97. The predicted octanol–water partition coefficient (Wildman–Crippen LogP) is 3.97. The molecule has 1 aromatic heterocycles. The number of anilines is 1. The van der Waals surface area contributed by atoms with Crippen LogP contribution in [0, 0.1) is 5.95 Å². The molecule has 2 aromatic carbocycles. The molecule has 0 unspecified atom stereocenters. The first-order valence-electron chi connectivity index (χ1n) is 10.8. The first kappa shape index (κ1) is 20.6. The van der Waals surface area contributed by atoms with Crippen molar-refractivity contribution >= 4 is 11.7 Å². The van der Waals surface area contributed by atoms with Crippen molar-refractivity contribution in [1.29, 1.82) is 0 Å². The highest BCUT2D eigenvalue weighted by Gasteiger charge is 2.33. The summed E-state index contributed by atoms with van der Waals surface area (Å²) in [5, 5.41) is 5.99. The average molecular weight is 434 g/mol. The van der Waals surface area contributed by atoms with Gasteiger partial charge in [0.15, 0.2) is 0 Å². The minimum atomic E-state index is -1.36. The number of aromatic nitrogens is 1. The van der Waals surface area contributed by atoms with E-state index in [1.807, 2.05) is 6.07 Å².